The molecule has 3 N–H and O–H groups in total. The molecule has 2 fully saturated rings. The number of nitrogens with zero attached hydrogens (tertiary/aromatic N) is 3. The van der Waals surface area contributed by atoms with Crippen molar-refractivity contribution in [2.45, 2.75) is 46.3 Å². The van der Waals surface area contributed by atoms with Crippen LogP contribution in [-0.4, -0.2) is 54.8 Å². The van der Waals surface area contributed by atoms with Gasteiger partial charge in [0.2, 0.25) is 0 Å². The number of aliphatic hydroxyl groups excluding tert-OH is 1. The second-order valence-corrected chi connectivity index (χ2v) is 15.5. The number of hydrogen-bond donors (Lipinski definition) is 3. The number of aryl methyl sites for hydroxylation is 3. The Bertz CT molecular complexity index is 2130. The van der Waals surface area contributed by atoms with Crippen LogP contribution in [0.4, 0.5) is 22.2 Å². The van der Waals surface area contributed by atoms with Crippen molar-refractivity contribution in [3.63, 3.8) is 0 Å². The Labute approximate surface area is 308 Å². The lowest BCUT2D eigenvalue weighted by Gasteiger charge is -2.53. The average molecular weight is 714 g/mol. The highest BCUT2D eigenvalue weighted by molar-refractivity contribution is 7.19. The van der Waals surface area contributed by atoms with Crippen molar-refractivity contribution >= 4 is 45.3 Å². The van der Waals surface area contributed by atoms with E-state index in [4.69, 9.17) is 4.74 Å². The summed E-state index contributed by atoms with van der Waals surface area (Å²) < 4.78 is 5.58. The number of nitrogens with one attached hydrogen (secondary N) is 2. The van der Waals surface area contributed by atoms with Crippen molar-refractivity contribution in [3.05, 3.63) is 124 Å². The predicted molar refractivity (Wildman–Crippen MR) is 208 cm³/mol. The van der Waals surface area contributed by atoms with E-state index in [0.717, 1.165) is 88.1 Å². The first kappa shape index (κ1) is 34.1. The van der Waals surface area contributed by atoms with Crippen LogP contribution in [0.5, 0.6) is 0 Å². The summed E-state index contributed by atoms with van der Waals surface area (Å²) in [6.07, 6.45) is 3.73. The molecule has 0 bridgehead atoms. The molecule has 1 unspecified atom stereocenters. The van der Waals surface area contributed by atoms with E-state index in [-0.39, 0.29) is 17.2 Å². The smallest absolute Gasteiger partial charge is 0.259 e. The van der Waals surface area contributed by atoms with E-state index in [2.05, 4.69) is 32.7 Å². The number of benzene rings is 3. The van der Waals surface area contributed by atoms with Gasteiger partial charge in [-0.05, 0) is 105 Å². The molecule has 2 saturated heterocycles. The maximum absolute atomic E-state index is 14.1. The number of ether oxygens (including phenoxy) is 1. The fraction of sp³-hybridized carbons (Fsp3) is 0.310. The lowest BCUT2D eigenvalue weighted by atomic mass is 9.73. The van der Waals surface area contributed by atoms with Crippen LogP contribution in [0.3, 0.4) is 0 Å². The van der Waals surface area contributed by atoms with E-state index in [9.17, 15) is 14.7 Å². The number of pyridine rings is 1. The standard InChI is InChI=1S/C42H43N5O4S/c1-26-21-33(38(43-23-26)46-24-42(25-46)16-19-51-20-17-42)39(48)44-31-13-11-29(12-14-31)41(50)47-18-15-30-22-35(52-37(30)32-9-4-5-10-34(32)47)45-40(49)36-27(2)7-6-8-28(36)3/h4-14,21-23,40,45,49H,15-20,24-25H2,1-3H3,(H,44,48). The second-order valence-electron chi connectivity index (χ2n) is 14.4. The summed E-state index contributed by atoms with van der Waals surface area (Å²) >= 11 is 1.59. The maximum atomic E-state index is 14.1. The Morgan fingerprint density at radius 2 is 1.67 bits per heavy atom. The van der Waals surface area contributed by atoms with Crippen LogP contribution in [0, 0.1) is 26.2 Å². The number of hydrogen-bond acceptors (Lipinski definition) is 8. The Balaban J connectivity index is 0.971. The lowest BCUT2D eigenvalue weighted by Crippen LogP contribution is -2.59. The summed E-state index contributed by atoms with van der Waals surface area (Å²) in [7, 11) is 0. The molecule has 2 amide bonds. The van der Waals surface area contributed by atoms with Crippen LogP contribution in [-0.2, 0) is 11.2 Å². The summed E-state index contributed by atoms with van der Waals surface area (Å²) in [5, 5.41) is 18.4. The van der Waals surface area contributed by atoms with Crippen molar-refractivity contribution < 1.29 is 19.4 Å². The molecule has 1 spiro atoms. The van der Waals surface area contributed by atoms with Crippen LogP contribution < -0.4 is 20.4 Å². The molecule has 5 heterocycles. The lowest BCUT2D eigenvalue weighted by molar-refractivity contribution is -0.000510. The molecule has 2 aromatic heterocycles. The highest BCUT2D eigenvalue weighted by Crippen LogP contribution is 2.45. The van der Waals surface area contributed by atoms with Crippen molar-refractivity contribution in [2.24, 2.45) is 5.41 Å². The van der Waals surface area contributed by atoms with Crippen LogP contribution in [0.25, 0.3) is 10.4 Å². The zero-order chi connectivity index (χ0) is 36.0. The number of rotatable bonds is 7. The first-order valence-corrected chi connectivity index (χ1v) is 18.8. The summed E-state index contributed by atoms with van der Waals surface area (Å²) in [5.74, 6) is 0.385. The number of thiophene rings is 1. The average Bonchev–Trinajstić information content (AvgIpc) is 3.46. The summed E-state index contributed by atoms with van der Waals surface area (Å²) in [4.78, 5) is 37.5. The molecule has 8 rings (SSSR count). The van der Waals surface area contributed by atoms with E-state index in [0.29, 0.717) is 35.6 Å². The van der Waals surface area contributed by atoms with Gasteiger partial charge < -0.3 is 30.3 Å². The van der Waals surface area contributed by atoms with Gasteiger partial charge in [0.15, 0.2) is 6.23 Å². The van der Waals surface area contributed by atoms with E-state index in [1.165, 1.54) is 0 Å². The normalized spacial score (nSPS) is 16.7. The predicted octanol–water partition coefficient (Wildman–Crippen LogP) is 7.91. The molecule has 0 radical (unpaired) electrons. The number of carbonyl (C=O) groups excluding carboxylic acids is 2. The molecule has 5 aromatic rings. The molecule has 0 saturated carbocycles. The number of para-hydroxylation sites is 1. The Hall–Kier alpha value is -5.03. The van der Waals surface area contributed by atoms with Gasteiger partial charge in [-0.2, -0.15) is 0 Å². The molecule has 9 nitrogen and oxygen atoms in total. The Morgan fingerprint density at radius 3 is 2.42 bits per heavy atom. The first-order chi connectivity index (χ1) is 25.2. The third kappa shape index (κ3) is 6.46. The topological polar surface area (TPSA) is 107 Å². The van der Waals surface area contributed by atoms with Gasteiger partial charge in [-0.15, -0.1) is 11.3 Å². The van der Waals surface area contributed by atoms with Crippen molar-refractivity contribution in [1.29, 1.82) is 0 Å². The van der Waals surface area contributed by atoms with Gasteiger partial charge >= 0.3 is 0 Å². The second kappa shape index (κ2) is 13.8. The molecule has 1 atom stereocenters. The third-order valence-electron chi connectivity index (χ3n) is 10.7. The molecular weight excluding hydrogens is 671 g/mol. The monoisotopic (exact) mass is 713 g/mol. The van der Waals surface area contributed by atoms with Crippen LogP contribution in [0.15, 0.2) is 85.1 Å². The largest absolute Gasteiger partial charge is 0.381 e. The highest BCUT2D eigenvalue weighted by atomic mass is 32.1. The number of amides is 2. The van der Waals surface area contributed by atoms with E-state index >= 15 is 0 Å². The van der Waals surface area contributed by atoms with E-state index in [1.54, 1.807) is 35.6 Å². The zero-order valence-corrected chi connectivity index (χ0v) is 30.6. The van der Waals surface area contributed by atoms with Crippen LogP contribution in [0.2, 0.25) is 0 Å². The summed E-state index contributed by atoms with van der Waals surface area (Å²) in [6.45, 7) is 9.81. The SMILES string of the molecule is Cc1cnc(N2CC3(CCOCC3)C2)c(C(=O)Nc2ccc(C(=O)N3CCc4cc(NC(O)c5c(C)cccc5C)sc4-c4ccccc43)cc2)c1. The van der Waals surface area contributed by atoms with Gasteiger partial charge in [-0.25, -0.2) is 4.98 Å². The Kier molecular flexibility index (Phi) is 9.07. The van der Waals surface area contributed by atoms with E-state index in [1.807, 2.05) is 74.3 Å². The number of carbonyl (C=O) groups is 2. The first-order valence-electron chi connectivity index (χ1n) is 17.9. The molecule has 10 heteroatoms. The molecule has 3 aliphatic heterocycles. The van der Waals surface area contributed by atoms with Gasteiger partial charge in [-0.1, -0.05) is 36.4 Å². The number of anilines is 4. The van der Waals surface area contributed by atoms with Crippen molar-refractivity contribution in [3.8, 4) is 10.4 Å². The molecule has 3 aliphatic rings. The summed E-state index contributed by atoms with van der Waals surface area (Å²) in [6, 6.07) is 25.1. The van der Waals surface area contributed by atoms with Gasteiger partial charge in [0, 0.05) is 71.7 Å². The molecule has 3 aromatic carbocycles. The summed E-state index contributed by atoms with van der Waals surface area (Å²) in [5.41, 5.74) is 8.81. The van der Waals surface area contributed by atoms with Crippen molar-refractivity contribution in [1.82, 2.24) is 4.98 Å². The number of fused-ring (bicyclic) bond motifs is 3. The van der Waals surface area contributed by atoms with Crippen LogP contribution >= 0.6 is 11.3 Å². The number of aliphatic hydroxyl groups is 1. The third-order valence-corrected chi connectivity index (χ3v) is 11.9. The fourth-order valence-corrected chi connectivity index (χ4v) is 9.08. The number of aromatic nitrogens is 1. The van der Waals surface area contributed by atoms with Crippen LogP contribution in [0.1, 0.15) is 67.6 Å². The minimum atomic E-state index is -0.828. The maximum Gasteiger partial charge on any atom is 0.259 e. The minimum absolute atomic E-state index is 0.103. The van der Waals surface area contributed by atoms with Gasteiger partial charge in [0.05, 0.1) is 16.3 Å². The molecule has 0 aliphatic carbocycles. The Morgan fingerprint density at radius 1 is 0.942 bits per heavy atom. The molecule has 266 valence electrons. The van der Waals surface area contributed by atoms with E-state index < -0.39 is 6.23 Å². The van der Waals surface area contributed by atoms with Gasteiger partial charge in [0.1, 0.15) is 5.82 Å². The van der Waals surface area contributed by atoms with Gasteiger partial charge in [-0.3, -0.25) is 9.59 Å². The zero-order valence-electron chi connectivity index (χ0n) is 29.7. The molecule has 52 heavy (non-hydrogen) atoms. The fourth-order valence-electron chi connectivity index (χ4n) is 7.91. The minimum Gasteiger partial charge on any atom is -0.381 e. The van der Waals surface area contributed by atoms with Gasteiger partial charge in [0.25, 0.3) is 11.8 Å². The quantitative estimate of drug-likeness (QED) is 0.147. The molecular formula is C42H43N5O4S. The van der Waals surface area contributed by atoms with Crippen molar-refractivity contribution in [2.75, 3.05) is 53.3 Å². The highest BCUT2D eigenvalue weighted by Gasteiger charge is 2.45.